The number of aryl methyl sites for hydroxylation is 3. The first kappa shape index (κ1) is 15.0. The highest BCUT2D eigenvalue weighted by atomic mass is 16.7. The Hall–Kier alpha value is -1.35. The second kappa shape index (κ2) is 4.59. The van der Waals surface area contributed by atoms with E-state index in [1.165, 1.54) is 12.7 Å². The zero-order chi connectivity index (χ0) is 15.3. The minimum absolute atomic E-state index is 0.0556. The van der Waals surface area contributed by atoms with Gasteiger partial charge in [0, 0.05) is 0 Å². The summed E-state index contributed by atoms with van der Waals surface area (Å²) in [7, 11) is 1.42. The number of hydrogen-bond donors (Lipinski definition) is 0. The van der Waals surface area contributed by atoms with Gasteiger partial charge < -0.3 is 9.47 Å². The predicted molar refractivity (Wildman–Crippen MR) is 78.7 cm³/mol. The Bertz CT molecular complexity index is 538. The van der Waals surface area contributed by atoms with Gasteiger partial charge in [0.05, 0.1) is 7.11 Å². The summed E-state index contributed by atoms with van der Waals surface area (Å²) in [5.41, 5.74) is 3.19. The molecule has 0 N–H and O–H groups in total. The summed E-state index contributed by atoms with van der Waals surface area (Å²) in [4.78, 5) is 12.3. The van der Waals surface area contributed by atoms with Gasteiger partial charge in [-0.05, 0) is 50.3 Å². The van der Waals surface area contributed by atoms with E-state index < -0.39 is 11.2 Å². The molecule has 0 saturated carbocycles. The van der Waals surface area contributed by atoms with Crippen LogP contribution in [0.4, 0.5) is 0 Å². The van der Waals surface area contributed by atoms with Gasteiger partial charge in [-0.3, -0.25) is 0 Å². The Morgan fingerprint density at radius 2 is 1.70 bits per heavy atom. The van der Waals surface area contributed by atoms with Gasteiger partial charge in [-0.25, -0.2) is 4.79 Å². The van der Waals surface area contributed by atoms with E-state index in [2.05, 4.69) is 32.9 Å². The van der Waals surface area contributed by atoms with Gasteiger partial charge >= 0.3 is 5.97 Å². The molecule has 1 heterocycles. The molecule has 3 nitrogen and oxygen atoms in total. The molecule has 2 rings (SSSR count). The normalized spacial score (nSPS) is 28.6. The molecule has 0 amide bonds. The van der Waals surface area contributed by atoms with Crippen molar-refractivity contribution in [2.45, 2.75) is 52.7 Å². The van der Waals surface area contributed by atoms with Crippen molar-refractivity contribution in [1.82, 2.24) is 0 Å². The van der Waals surface area contributed by atoms with Gasteiger partial charge in [0.2, 0.25) is 5.60 Å². The molecule has 110 valence electrons. The Morgan fingerprint density at radius 3 is 2.10 bits per heavy atom. The van der Waals surface area contributed by atoms with Crippen LogP contribution < -0.4 is 0 Å². The predicted octanol–water partition coefficient (Wildman–Crippen LogP) is 3.43. The van der Waals surface area contributed by atoms with Crippen LogP contribution in [0.2, 0.25) is 0 Å². The number of ether oxygens (including phenoxy) is 2. The minimum Gasteiger partial charge on any atom is -0.467 e. The van der Waals surface area contributed by atoms with Crippen LogP contribution in [0.5, 0.6) is 0 Å². The molecule has 1 aliphatic rings. The molecular formula is C17H24O3. The van der Waals surface area contributed by atoms with Gasteiger partial charge in [-0.1, -0.05) is 31.5 Å². The van der Waals surface area contributed by atoms with Crippen LogP contribution in [0.15, 0.2) is 12.1 Å². The number of esters is 1. The summed E-state index contributed by atoms with van der Waals surface area (Å²) < 4.78 is 11.0. The molecule has 3 heteroatoms. The fraction of sp³-hybridized carbons (Fsp3) is 0.588. The van der Waals surface area contributed by atoms with Gasteiger partial charge in [0.15, 0.2) is 0 Å². The van der Waals surface area contributed by atoms with E-state index in [-0.39, 0.29) is 11.9 Å². The standard InChI is InChI=1S/C17H24O3/c1-10(2)17(15(18)19-7)16(6,20-17)14-12(4)8-11(3)9-13(14)5/h8-10H,1-7H3. The van der Waals surface area contributed by atoms with Crippen LogP contribution in [0.3, 0.4) is 0 Å². The number of hydrogen-bond acceptors (Lipinski definition) is 3. The molecule has 1 aromatic carbocycles. The Balaban J connectivity index is 2.57. The van der Waals surface area contributed by atoms with Crippen LogP contribution in [0, 0.1) is 26.7 Å². The number of carbonyl (C=O) groups excluding carboxylic acids is 1. The monoisotopic (exact) mass is 276 g/mol. The van der Waals surface area contributed by atoms with Crippen molar-refractivity contribution >= 4 is 5.97 Å². The number of methoxy groups -OCH3 is 1. The maximum atomic E-state index is 12.3. The van der Waals surface area contributed by atoms with E-state index in [0.29, 0.717) is 0 Å². The van der Waals surface area contributed by atoms with Crippen molar-refractivity contribution in [3.05, 3.63) is 34.4 Å². The first-order valence-electron chi connectivity index (χ1n) is 7.07. The summed E-state index contributed by atoms with van der Waals surface area (Å²) in [6.45, 7) is 12.2. The summed E-state index contributed by atoms with van der Waals surface area (Å²) in [5.74, 6) is -0.227. The number of epoxide rings is 1. The number of carbonyl (C=O) groups is 1. The van der Waals surface area contributed by atoms with Gasteiger partial charge in [0.25, 0.3) is 0 Å². The smallest absolute Gasteiger partial charge is 0.341 e. The molecule has 0 radical (unpaired) electrons. The molecular weight excluding hydrogens is 252 g/mol. The second-order valence-electron chi connectivity index (χ2n) is 6.29. The van der Waals surface area contributed by atoms with Crippen LogP contribution in [-0.4, -0.2) is 18.7 Å². The molecule has 1 aromatic rings. The SMILES string of the molecule is COC(=O)C1(C(C)C)OC1(C)c1c(C)cc(C)cc1C. The topological polar surface area (TPSA) is 38.8 Å². The minimum atomic E-state index is -0.869. The summed E-state index contributed by atoms with van der Waals surface area (Å²) >= 11 is 0. The van der Waals surface area contributed by atoms with Crippen molar-refractivity contribution in [2.75, 3.05) is 7.11 Å². The Morgan fingerprint density at radius 1 is 1.20 bits per heavy atom. The van der Waals surface area contributed by atoms with Gasteiger partial charge in [0.1, 0.15) is 5.60 Å². The highest BCUT2D eigenvalue weighted by molar-refractivity contribution is 5.86. The van der Waals surface area contributed by atoms with E-state index in [9.17, 15) is 4.79 Å². The molecule has 0 bridgehead atoms. The quantitative estimate of drug-likeness (QED) is 0.627. The second-order valence-corrected chi connectivity index (χ2v) is 6.29. The molecule has 2 atom stereocenters. The van der Waals surface area contributed by atoms with Crippen molar-refractivity contribution in [1.29, 1.82) is 0 Å². The van der Waals surface area contributed by atoms with Crippen LogP contribution >= 0.6 is 0 Å². The molecule has 1 fully saturated rings. The average Bonchev–Trinajstić information content (AvgIpc) is 2.95. The molecule has 1 aliphatic heterocycles. The first-order chi connectivity index (χ1) is 9.20. The fourth-order valence-electron chi connectivity index (χ4n) is 3.76. The van der Waals surface area contributed by atoms with E-state index in [0.717, 1.165) is 16.7 Å². The molecule has 0 aliphatic carbocycles. The van der Waals surface area contributed by atoms with E-state index in [1.54, 1.807) is 0 Å². The van der Waals surface area contributed by atoms with E-state index >= 15 is 0 Å². The Kier molecular flexibility index (Phi) is 3.45. The summed E-state index contributed by atoms with van der Waals surface area (Å²) in [6.07, 6.45) is 0. The maximum absolute atomic E-state index is 12.3. The lowest BCUT2D eigenvalue weighted by molar-refractivity contribution is -0.148. The third-order valence-corrected chi connectivity index (χ3v) is 4.49. The zero-order valence-electron chi connectivity index (χ0n) is 13.5. The van der Waals surface area contributed by atoms with Crippen LogP contribution in [0.1, 0.15) is 43.0 Å². The van der Waals surface area contributed by atoms with Gasteiger partial charge in [-0.2, -0.15) is 0 Å². The lowest BCUT2D eigenvalue weighted by atomic mass is 9.77. The largest absolute Gasteiger partial charge is 0.467 e. The number of benzene rings is 1. The van der Waals surface area contributed by atoms with Crippen molar-refractivity contribution < 1.29 is 14.3 Å². The van der Waals surface area contributed by atoms with Crippen molar-refractivity contribution in [3.8, 4) is 0 Å². The molecule has 0 spiro atoms. The molecule has 0 aromatic heterocycles. The van der Waals surface area contributed by atoms with Gasteiger partial charge in [-0.15, -0.1) is 0 Å². The van der Waals surface area contributed by atoms with Crippen LogP contribution in [-0.2, 0) is 19.9 Å². The van der Waals surface area contributed by atoms with Crippen molar-refractivity contribution in [3.63, 3.8) is 0 Å². The highest BCUT2D eigenvalue weighted by Gasteiger charge is 2.75. The molecule has 20 heavy (non-hydrogen) atoms. The average molecular weight is 276 g/mol. The third kappa shape index (κ3) is 1.80. The first-order valence-corrected chi connectivity index (χ1v) is 7.07. The lowest BCUT2D eigenvalue weighted by Gasteiger charge is -2.22. The summed E-state index contributed by atoms with van der Waals surface area (Å²) in [6, 6.07) is 4.27. The highest BCUT2D eigenvalue weighted by Crippen LogP contribution is 2.61. The summed E-state index contributed by atoms with van der Waals surface area (Å²) in [5, 5.41) is 0. The molecule has 1 saturated heterocycles. The molecule has 2 unspecified atom stereocenters. The van der Waals surface area contributed by atoms with Crippen LogP contribution in [0.25, 0.3) is 0 Å². The van der Waals surface area contributed by atoms with Crippen molar-refractivity contribution in [2.24, 2.45) is 5.92 Å². The fourth-order valence-corrected chi connectivity index (χ4v) is 3.76. The number of rotatable bonds is 3. The zero-order valence-corrected chi connectivity index (χ0v) is 13.5. The third-order valence-electron chi connectivity index (χ3n) is 4.49. The van der Waals surface area contributed by atoms with E-state index in [1.807, 2.05) is 20.8 Å². The van der Waals surface area contributed by atoms with E-state index in [4.69, 9.17) is 9.47 Å². The maximum Gasteiger partial charge on any atom is 0.341 e. The Labute approximate surface area is 121 Å². The lowest BCUT2D eigenvalue weighted by Crippen LogP contribution is -2.38.